The number of β-lactam (4-membered cyclic amide) rings is 1. The molecule has 2 rings (SSSR count). The van der Waals surface area contributed by atoms with E-state index in [4.69, 9.17) is 9.47 Å². The van der Waals surface area contributed by atoms with Crippen LogP contribution in [-0.2, 0) is 28.7 Å². The molecule has 0 radical (unpaired) electrons. The van der Waals surface area contributed by atoms with Crippen LogP contribution in [0.2, 0.25) is 0 Å². The van der Waals surface area contributed by atoms with Crippen LogP contribution in [0.4, 0.5) is 4.79 Å². The molecular formula is C20H29N3O9S. The van der Waals surface area contributed by atoms with Crippen molar-refractivity contribution in [3.63, 3.8) is 0 Å². The van der Waals surface area contributed by atoms with Crippen molar-refractivity contribution in [2.24, 2.45) is 0 Å². The van der Waals surface area contributed by atoms with Gasteiger partial charge >= 0.3 is 18.0 Å². The fraction of sp³-hybridized carbons (Fsp3) is 0.650. The maximum atomic E-state index is 12.8. The molecule has 13 heteroatoms. The molecule has 3 amide bonds. The molecule has 4 N–H and O–H groups in total. The smallest absolute Gasteiger partial charge is 0.407 e. The van der Waals surface area contributed by atoms with E-state index in [2.05, 4.69) is 10.6 Å². The highest BCUT2D eigenvalue weighted by atomic mass is 32.2. The Labute approximate surface area is 195 Å². The normalized spacial score (nSPS) is 22.7. The van der Waals surface area contributed by atoms with Crippen LogP contribution in [0.3, 0.4) is 0 Å². The molecule has 0 bridgehead atoms. The molecule has 1 fully saturated rings. The van der Waals surface area contributed by atoms with Crippen LogP contribution in [0, 0.1) is 0 Å². The van der Waals surface area contributed by atoms with E-state index in [0.29, 0.717) is 17.7 Å². The van der Waals surface area contributed by atoms with Gasteiger partial charge in [-0.3, -0.25) is 14.5 Å². The third kappa shape index (κ3) is 5.77. The molecule has 2 heterocycles. The molecule has 0 aromatic carbocycles. The number of nitrogens with one attached hydrogen (secondary N) is 2. The first kappa shape index (κ1) is 26.5. The summed E-state index contributed by atoms with van der Waals surface area (Å²) in [6, 6.07) is -1.23. The van der Waals surface area contributed by atoms with Crippen molar-refractivity contribution in [1.29, 1.82) is 0 Å². The van der Waals surface area contributed by atoms with Gasteiger partial charge in [-0.25, -0.2) is 14.4 Å². The molecule has 0 spiro atoms. The fourth-order valence-electron chi connectivity index (χ4n) is 3.52. The third-order valence-electron chi connectivity index (χ3n) is 5.29. The first-order chi connectivity index (χ1) is 15.6. The number of ether oxygens (including phenoxy) is 2. The second kappa shape index (κ2) is 11.4. The Morgan fingerprint density at radius 3 is 2.55 bits per heavy atom. The van der Waals surface area contributed by atoms with Crippen LogP contribution in [0.5, 0.6) is 0 Å². The Hall–Kier alpha value is -2.80. The maximum absolute atomic E-state index is 12.8. The van der Waals surface area contributed by atoms with Crippen molar-refractivity contribution >= 4 is 41.6 Å². The van der Waals surface area contributed by atoms with Gasteiger partial charge in [-0.15, -0.1) is 11.8 Å². The van der Waals surface area contributed by atoms with Crippen molar-refractivity contribution in [1.82, 2.24) is 15.5 Å². The van der Waals surface area contributed by atoms with Crippen LogP contribution in [0.15, 0.2) is 11.3 Å². The van der Waals surface area contributed by atoms with Gasteiger partial charge in [-0.2, -0.15) is 0 Å². The van der Waals surface area contributed by atoms with Gasteiger partial charge in [0.05, 0.1) is 6.61 Å². The SMILES string of the molecule is CCCCOC(=O)NC(CCCC(=O)N[C@]1(OC)C(=O)N2C(C(=O)O)=C(C)CS[C@H]21)C(=O)O. The summed E-state index contributed by atoms with van der Waals surface area (Å²) in [6.45, 7) is 3.72. The number of amides is 3. The van der Waals surface area contributed by atoms with Crippen molar-refractivity contribution in [3.8, 4) is 0 Å². The highest BCUT2D eigenvalue weighted by molar-refractivity contribution is 8.00. The van der Waals surface area contributed by atoms with Crippen LogP contribution >= 0.6 is 11.8 Å². The highest BCUT2D eigenvalue weighted by Crippen LogP contribution is 2.46. The molecule has 2 aliphatic heterocycles. The molecule has 1 unspecified atom stereocenters. The lowest BCUT2D eigenvalue weighted by molar-refractivity contribution is -0.192. The molecule has 12 nitrogen and oxygen atoms in total. The van der Waals surface area contributed by atoms with Crippen molar-refractivity contribution in [2.45, 2.75) is 63.1 Å². The Morgan fingerprint density at radius 2 is 1.97 bits per heavy atom. The number of nitrogens with zero attached hydrogens (tertiary/aromatic N) is 1. The predicted molar refractivity (Wildman–Crippen MR) is 116 cm³/mol. The quantitative estimate of drug-likeness (QED) is 0.176. The Kier molecular flexibility index (Phi) is 9.11. The lowest BCUT2D eigenvalue weighted by Gasteiger charge is -2.55. The van der Waals surface area contributed by atoms with Crippen LogP contribution < -0.4 is 10.6 Å². The molecule has 0 aliphatic carbocycles. The third-order valence-corrected chi connectivity index (χ3v) is 6.75. The number of carboxylic acids is 2. The van der Waals surface area contributed by atoms with Gasteiger partial charge in [0.1, 0.15) is 17.1 Å². The Balaban J connectivity index is 1.92. The summed E-state index contributed by atoms with van der Waals surface area (Å²) in [7, 11) is 1.25. The lowest BCUT2D eigenvalue weighted by Crippen LogP contribution is -2.80. The Morgan fingerprint density at radius 1 is 1.27 bits per heavy atom. The van der Waals surface area contributed by atoms with E-state index < -0.39 is 47.0 Å². The monoisotopic (exact) mass is 487 g/mol. The van der Waals surface area contributed by atoms with Gasteiger partial charge in [0.15, 0.2) is 0 Å². The number of thioether (sulfide) groups is 1. The summed E-state index contributed by atoms with van der Waals surface area (Å²) in [6.07, 6.45) is 0.576. The van der Waals surface area contributed by atoms with Gasteiger partial charge in [0.25, 0.3) is 11.6 Å². The van der Waals surface area contributed by atoms with Gasteiger partial charge in [-0.1, -0.05) is 13.3 Å². The average Bonchev–Trinajstić information content (AvgIpc) is 2.76. The summed E-state index contributed by atoms with van der Waals surface area (Å²) < 4.78 is 10.2. The molecule has 2 aliphatic rings. The number of carbonyl (C=O) groups is 5. The largest absolute Gasteiger partial charge is 0.480 e. The topological polar surface area (TPSA) is 172 Å². The zero-order valence-corrected chi connectivity index (χ0v) is 19.5. The van der Waals surface area contributed by atoms with Crippen molar-refractivity contribution in [2.75, 3.05) is 19.5 Å². The molecule has 0 aromatic rings. The molecule has 0 aromatic heterocycles. The first-order valence-electron chi connectivity index (χ1n) is 10.5. The summed E-state index contributed by atoms with van der Waals surface area (Å²) >= 11 is 1.27. The summed E-state index contributed by atoms with van der Waals surface area (Å²) in [5, 5.41) is 22.8. The number of carbonyl (C=O) groups excluding carboxylic acids is 3. The van der Waals surface area contributed by atoms with Crippen LogP contribution in [0.25, 0.3) is 0 Å². The number of carboxylic acid groups (broad SMARTS) is 2. The minimum absolute atomic E-state index is 0.0328. The van der Waals surface area contributed by atoms with E-state index in [1.165, 1.54) is 18.9 Å². The number of aliphatic carboxylic acids is 2. The molecular weight excluding hydrogens is 458 g/mol. The number of alkyl carbamates (subject to hydrolysis) is 1. The zero-order valence-electron chi connectivity index (χ0n) is 18.7. The summed E-state index contributed by atoms with van der Waals surface area (Å²) in [4.78, 5) is 61.0. The molecule has 1 saturated heterocycles. The lowest BCUT2D eigenvalue weighted by atomic mass is 9.98. The zero-order chi connectivity index (χ0) is 24.8. The van der Waals surface area contributed by atoms with E-state index in [1.54, 1.807) is 6.92 Å². The molecule has 33 heavy (non-hydrogen) atoms. The van der Waals surface area contributed by atoms with Crippen LogP contribution in [-0.4, -0.2) is 81.6 Å². The van der Waals surface area contributed by atoms with E-state index in [0.717, 1.165) is 11.3 Å². The van der Waals surface area contributed by atoms with Crippen molar-refractivity contribution < 1.29 is 43.7 Å². The number of hydrogen-bond acceptors (Lipinski definition) is 8. The molecule has 0 saturated carbocycles. The summed E-state index contributed by atoms with van der Waals surface area (Å²) in [5.74, 6) is -3.39. The van der Waals surface area contributed by atoms with E-state index in [1.807, 2.05) is 6.92 Å². The second-order valence-corrected chi connectivity index (χ2v) is 8.75. The Bertz CT molecular complexity index is 847. The van der Waals surface area contributed by atoms with E-state index in [-0.39, 0.29) is 31.6 Å². The molecule has 3 atom stereocenters. The van der Waals surface area contributed by atoms with E-state index >= 15 is 0 Å². The number of unbranched alkanes of at least 4 members (excludes halogenated alkanes) is 1. The van der Waals surface area contributed by atoms with E-state index in [9.17, 15) is 34.2 Å². The van der Waals surface area contributed by atoms with Gasteiger partial charge in [-0.05, 0) is 31.8 Å². The minimum Gasteiger partial charge on any atom is -0.480 e. The standard InChI is InChI=1S/C20H29N3O9S/c1-4-5-9-32-19(30)21-12(15(25)26)7-6-8-13(24)22-20(31-3)17(29)23-14(16(27)28)11(2)10-33-18(20)23/h12,18H,4-10H2,1-3H3,(H,21,30)(H,22,24)(H,25,26)(H,27,28)/t12?,18-,20-/m0/s1. The molecule has 184 valence electrons. The van der Waals surface area contributed by atoms with Gasteiger partial charge in [0, 0.05) is 19.3 Å². The maximum Gasteiger partial charge on any atom is 0.407 e. The van der Waals surface area contributed by atoms with Gasteiger partial charge < -0.3 is 30.3 Å². The predicted octanol–water partition coefficient (Wildman–Crippen LogP) is 0.869. The number of methoxy groups -OCH3 is 1. The van der Waals surface area contributed by atoms with Gasteiger partial charge in [0.2, 0.25) is 5.91 Å². The number of rotatable bonds is 12. The highest BCUT2D eigenvalue weighted by Gasteiger charge is 2.66. The summed E-state index contributed by atoms with van der Waals surface area (Å²) in [5.41, 5.74) is -1.28. The second-order valence-electron chi connectivity index (χ2n) is 7.68. The average molecular weight is 488 g/mol. The first-order valence-corrected chi connectivity index (χ1v) is 11.5. The minimum atomic E-state index is -1.70. The van der Waals surface area contributed by atoms with Crippen molar-refractivity contribution in [3.05, 3.63) is 11.3 Å². The van der Waals surface area contributed by atoms with Crippen LogP contribution in [0.1, 0.15) is 46.0 Å². The number of fused-ring (bicyclic) bond motifs is 1. The fourth-order valence-corrected chi connectivity index (χ4v) is 4.91. The number of hydrogen-bond donors (Lipinski definition) is 4.